The molecule has 0 saturated carbocycles. The largest absolute Gasteiger partial charge is 0.550 e. The maximum atomic E-state index is 12.6. The van der Waals surface area contributed by atoms with Crippen LogP contribution >= 0.6 is 24.0 Å². The topological polar surface area (TPSA) is 119 Å². The Bertz CT molecular complexity index is 806. The maximum absolute atomic E-state index is 12.6. The number of amides is 1. The number of carboxylic acids is 2. The number of ether oxygens (including phenoxy) is 2. The summed E-state index contributed by atoms with van der Waals surface area (Å²) in [5, 5.41) is 22.0. The van der Waals surface area contributed by atoms with Crippen molar-refractivity contribution >= 4 is 52.2 Å². The zero-order valence-electron chi connectivity index (χ0n) is 13.7. The van der Waals surface area contributed by atoms with Crippen LogP contribution in [0.3, 0.4) is 0 Å². The molecule has 26 heavy (non-hydrogen) atoms. The number of carbonyl (C=O) groups is 3. The van der Waals surface area contributed by atoms with Gasteiger partial charge in [-0.25, -0.2) is 0 Å². The smallest absolute Gasteiger partial charge is 0.266 e. The number of benzene rings is 1. The Labute approximate surface area is 158 Å². The molecule has 1 saturated heterocycles. The SMILES string of the molecule is COc1cccc(/C=C2\SC(=S)N([C@@H](CC(=O)[O-])C(=O)[O-])C2=O)c1OC. The number of para-hydroxylation sites is 1. The highest BCUT2D eigenvalue weighted by Crippen LogP contribution is 2.38. The number of methoxy groups -OCH3 is 2. The minimum Gasteiger partial charge on any atom is -0.550 e. The lowest BCUT2D eigenvalue weighted by molar-refractivity contribution is -0.319. The summed E-state index contributed by atoms with van der Waals surface area (Å²) in [5.41, 5.74) is 0.511. The lowest BCUT2D eigenvalue weighted by atomic mass is 10.1. The highest BCUT2D eigenvalue weighted by molar-refractivity contribution is 8.26. The normalized spacial score (nSPS) is 16.7. The van der Waals surface area contributed by atoms with Crippen molar-refractivity contribution in [3.8, 4) is 11.5 Å². The van der Waals surface area contributed by atoms with Crippen LogP contribution in [0.5, 0.6) is 11.5 Å². The van der Waals surface area contributed by atoms with E-state index in [-0.39, 0.29) is 9.23 Å². The van der Waals surface area contributed by atoms with E-state index in [4.69, 9.17) is 21.7 Å². The molecule has 1 heterocycles. The summed E-state index contributed by atoms with van der Waals surface area (Å²) in [4.78, 5) is 35.4. The fraction of sp³-hybridized carbons (Fsp3) is 0.250. The van der Waals surface area contributed by atoms with Crippen LogP contribution in [0, 0.1) is 0 Å². The second-order valence-electron chi connectivity index (χ2n) is 5.05. The summed E-state index contributed by atoms with van der Waals surface area (Å²) < 4.78 is 10.4. The van der Waals surface area contributed by atoms with E-state index in [0.717, 1.165) is 11.8 Å². The number of thioether (sulfide) groups is 1. The fourth-order valence-corrected chi connectivity index (χ4v) is 3.70. The van der Waals surface area contributed by atoms with E-state index in [1.165, 1.54) is 20.3 Å². The van der Waals surface area contributed by atoms with E-state index in [9.17, 15) is 24.6 Å². The van der Waals surface area contributed by atoms with Gasteiger partial charge in [0.05, 0.1) is 31.1 Å². The van der Waals surface area contributed by atoms with Gasteiger partial charge in [-0.1, -0.05) is 36.1 Å². The van der Waals surface area contributed by atoms with Crippen molar-refractivity contribution in [3.63, 3.8) is 0 Å². The van der Waals surface area contributed by atoms with Crippen molar-refractivity contribution in [2.45, 2.75) is 12.5 Å². The van der Waals surface area contributed by atoms with Crippen LogP contribution in [0.4, 0.5) is 0 Å². The summed E-state index contributed by atoms with van der Waals surface area (Å²) in [7, 11) is 2.90. The minimum atomic E-state index is -1.74. The molecular weight excluding hydrogens is 382 g/mol. The van der Waals surface area contributed by atoms with Crippen molar-refractivity contribution in [1.82, 2.24) is 4.90 Å². The highest BCUT2D eigenvalue weighted by atomic mass is 32.2. The van der Waals surface area contributed by atoms with Crippen molar-refractivity contribution < 1.29 is 34.1 Å². The Morgan fingerprint density at radius 3 is 2.54 bits per heavy atom. The number of rotatable bonds is 7. The van der Waals surface area contributed by atoms with Gasteiger partial charge in [-0.05, 0) is 12.1 Å². The van der Waals surface area contributed by atoms with Crippen molar-refractivity contribution in [2.75, 3.05) is 14.2 Å². The number of carbonyl (C=O) groups excluding carboxylic acids is 3. The van der Waals surface area contributed by atoms with Gasteiger partial charge in [0.15, 0.2) is 11.5 Å². The zero-order valence-corrected chi connectivity index (χ0v) is 15.3. The van der Waals surface area contributed by atoms with Gasteiger partial charge in [0.1, 0.15) is 4.32 Å². The van der Waals surface area contributed by atoms with Gasteiger partial charge in [-0.15, -0.1) is 0 Å². The van der Waals surface area contributed by atoms with Gasteiger partial charge in [-0.3, -0.25) is 9.69 Å². The summed E-state index contributed by atoms with van der Waals surface area (Å²) in [6.45, 7) is 0. The first kappa shape index (κ1) is 19.7. The molecule has 0 unspecified atom stereocenters. The van der Waals surface area contributed by atoms with Crippen molar-refractivity contribution in [3.05, 3.63) is 28.7 Å². The molecule has 8 nitrogen and oxygen atoms in total. The van der Waals surface area contributed by atoms with Crippen molar-refractivity contribution in [1.29, 1.82) is 0 Å². The molecule has 1 aliphatic rings. The third-order valence-electron chi connectivity index (χ3n) is 3.49. The quantitative estimate of drug-likeness (QED) is 0.430. The molecule has 1 aliphatic heterocycles. The molecule has 1 fully saturated rings. The molecule has 0 aliphatic carbocycles. The van der Waals surface area contributed by atoms with E-state index in [2.05, 4.69) is 0 Å². The highest BCUT2D eigenvalue weighted by Gasteiger charge is 2.38. The van der Waals surface area contributed by atoms with Gasteiger partial charge < -0.3 is 29.3 Å². The van der Waals surface area contributed by atoms with Crippen LogP contribution in [0.2, 0.25) is 0 Å². The monoisotopic (exact) mass is 395 g/mol. The van der Waals surface area contributed by atoms with Crippen LogP contribution in [0.15, 0.2) is 23.1 Å². The molecule has 1 aromatic carbocycles. The van der Waals surface area contributed by atoms with Gasteiger partial charge in [0.25, 0.3) is 5.91 Å². The molecule has 0 spiro atoms. The van der Waals surface area contributed by atoms with E-state index in [1.807, 2.05) is 0 Å². The molecule has 10 heteroatoms. The molecule has 138 valence electrons. The predicted octanol–water partition coefficient (Wildman–Crippen LogP) is -0.837. The Hall–Kier alpha value is -2.59. The molecule has 1 amide bonds. The van der Waals surface area contributed by atoms with Crippen LogP contribution in [-0.4, -0.2) is 47.3 Å². The Kier molecular flexibility index (Phi) is 6.22. The first-order chi connectivity index (χ1) is 12.3. The number of nitrogens with zero attached hydrogens (tertiary/aromatic N) is 1. The first-order valence-corrected chi connectivity index (χ1v) is 8.41. The summed E-state index contributed by atoms with van der Waals surface area (Å²) in [5.74, 6) is -3.27. The third-order valence-corrected chi connectivity index (χ3v) is 4.82. The summed E-state index contributed by atoms with van der Waals surface area (Å²) in [6, 6.07) is 3.29. The molecule has 0 aromatic heterocycles. The van der Waals surface area contributed by atoms with E-state index < -0.39 is 30.3 Å². The van der Waals surface area contributed by atoms with Crippen LogP contribution in [0.1, 0.15) is 12.0 Å². The molecule has 0 N–H and O–H groups in total. The molecule has 1 atom stereocenters. The molecule has 0 bridgehead atoms. The first-order valence-electron chi connectivity index (χ1n) is 7.18. The lowest BCUT2D eigenvalue weighted by Gasteiger charge is -2.27. The Morgan fingerprint density at radius 2 is 2.00 bits per heavy atom. The number of aliphatic carboxylic acids is 2. The second kappa shape index (κ2) is 8.19. The molecule has 2 rings (SSSR count). The molecule has 1 aromatic rings. The maximum Gasteiger partial charge on any atom is 0.266 e. The summed E-state index contributed by atoms with van der Waals surface area (Å²) in [6.07, 6.45) is 0.538. The fourth-order valence-electron chi connectivity index (χ4n) is 2.35. The van der Waals surface area contributed by atoms with Crippen LogP contribution < -0.4 is 19.7 Å². The number of hydrogen-bond donors (Lipinski definition) is 0. The Balaban J connectivity index is 2.41. The van der Waals surface area contributed by atoms with Gasteiger partial charge in [0, 0.05) is 18.0 Å². The van der Waals surface area contributed by atoms with E-state index >= 15 is 0 Å². The molecular formula is C16H13NO7S2-2. The van der Waals surface area contributed by atoms with Gasteiger partial charge in [-0.2, -0.15) is 0 Å². The number of hydrogen-bond acceptors (Lipinski definition) is 9. The standard InChI is InChI=1S/C16H15NO7S2/c1-23-10-5-3-4-8(13(10)24-2)6-11-14(20)17(16(25)26-11)9(15(21)22)7-12(18)19/h3-6,9H,7H2,1-2H3,(H,18,19)(H,21,22)/p-2/b11-6-/t9-/m0/s1. The number of carboxylic acid groups (broad SMARTS) is 2. The summed E-state index contributed by atoms with van der Waals surface area (Å²) >= 11 is 5.89. The Morgan fingerprint density at radius 1 is 1.31 bits per heavy atom. The lowest BCUT2D eigenvalue weighted by Crippen LogP contribution is -2.52. The average Bonchev–Trinajstić information content (AvgIpc) is 2.85. The molecule has 0 radical (unpaired) electrons. The van der Waals surface area contributed by atoms with Crippen LogP contribution in [0.25, 0.3) is 6.08 Å². The average molecular weight is 395 g/mol. The minimum absolute atomic E-state index is 0.0847. The predicted molar refractivity (Wildman–Crippen MR) is 93.0 cm³/mol. The van der Waals surface area contributed by atoms with Crippen LogP contribution in [-0.2, 0) is 14.4 Å². The van der Waals surface area contributed by atoms with Gasteiger partial charge in [0.2, 0.25) is 0 Å². The second-order valence-corrected chi connectivity index (χ2v) is 6.72. The van der Waals surface area contributed by atoms with Crippen molar-refractivity contribution in [2.24, 2.45) is 0 Å². The van der Waals surface area contributed by atoms with E-state index in [1.54, 1.807) is 18.2 Å². The zero-order chi connectivity index (χ0) is 19.4. The van der Waals surface area contributed by atoms with E-state index in [0.29, 0.717) is 22.0 Å². The number of thiocarbonyl (C=S) groups is 1. The van der Waals surface area contributed by atoms with Gasteiger partial charge >= 0.3 is 0 Å². The third kappa shape index (κ3) is 3.97.